The molecule has 1 aliphatic rings. The maximum absolute atomic E-state index is 6.88. The fraction of sp³-hybridized carbons (Fsp3) is 0.0408. The van der Waals surface area contributed by atoms with Crippen LogP contribution in [0.4, 0.5) is 0 Å². The van der Waals surface area contributed by atoms with Gasteiger partial charge in [0.2, 0.25) is 0 Å². The van der Waals surface area contributed by atoms with Crippen LogP contribution in [0.5, 0.6) is 0 Å². The van der Waals surface area contributed by atoms with E-state index in [-0.39, 0.29) is 0 Å². The van der Waals surface area contributed by atoms with Gasteiger partial charge in [-0.3, -0.25) is 0 Å². The molecule has 0 saturated heterocycles. The average Bonchev–Trinajstić information content (AvgIpc) is 3.78. The van der Waals surface area contributed by atoms with Crippen LogP contribution >= 0.6 is 0 Å². The zero-order chi connectivity index (χ0) is 35.6. The molecule has 54 heavy (non-hydrogen) atoms. The van der Waals surface area contributed by atoms with E-state index in [1.807, 2.05) is 36.4 Å². The van der Waals surface area contributed by atoms with Crippen LogP contribution in [-0.2, 0) is 6.42 Å². The molecule has 3 aromatic heterocycles. The van der Waals surface area contributed by atoms with Crippen molar-refractivity contribution in [3.8, 4) is 51.0 Å². The largest absolute Gasteiger partial charge is 0.454 e. The van der Waals surface area contributed by atoms with E-state index in [1.165, 1.54) is 32.9 Å². The molecule has 5 nitrogen and oxygen atoms in total. The highest BCUT2D eigenvalue weighted by molar-refractivity contribution is 6.09. The van der Waals surface area contributed by atoms with Gasteiger partial charge in [0.15, 0.2) is 23.1 Å². The van der Waals surface area contributed by atoms with Gasteiger partial charge in [0, 0.05) is 38.5 Å². The SMILES string of the molecule is C1=Cc2c(c3cc4ccccc4cc3n2-c2cccc3c2oc2cc(-c4nc(-c5ccccc5)nc(-c5cccc(-c6ccccc6)c5)n4)ccc23)CC1. The molecule has 0 aliphatic heterocycles. The van der Waals surface area contributed by atoms with Gasteiger partial charge < -0.3 is 8.98 Å². The van der Waals surface area contributed by atoms with Crippen molar-refractivity contribution >= 4 is 49.7 Å². The highest BCUT2D eigenvalue weighted by Gasteiger charge is 2.23. The van der Waals surface area contributed by atoms with E-state index in [2.05, 4.69) is 138 Å². The number of allylic oxidation sites excluding steroid dienone is 1. The predicted molar refractivity (Wildman–Crippen MR) is 221 cm³/mol. The lowest BCUT2D eigenvalue weighted by Gasteiger charge is -2.12. The second-order valence-corrected chi connectivity index (χ2v) is 13.9. The molecule has 7 aromatic carbocycles. The van der Waals surface area contributed by atoms with Gasteiger partial charge in [0.25, 0.3) is 0 Å². The summed E-state index contributed by atoms with van der Waals surface area (Å²) in [5.41, 5.74) is 11.5. The first-order chi connectivity index (χ1) is 26.7. The van der Waals surface area contributed by atoms with Crippen molar-refractivity contribution in [2.75, 3.05) is 0 Å². The summed E-state index contributed by atoms with van der Waals surface area (Å²) < 4.78 is 9.27. The van der Waals surface area contributed by atoms with E-state index < -0.39 is 0 Å². The fourth-order valence-corrected chi connectivity index (χ4v) is 8.10. The normalized spacial score (nSPS) is 12.6. The number of furan rings is 1. The molecule has 0 fully saturated rings. The van der Waals surface area contributed by atoms with E-state index in [1.54, 1.807) is 0 Å². The molecular weight excluding hydrogens is 661 g/mol. The molecule has 254 valence electrons. The minimum Gasteiger partial charge on any atom is -0.454 e. The van der Waals surface area contributed by atoms with Crippen LogP contribution in [0.2, 0.25) is 0 Å². The Morgan fingerprint density at radius 2 is 1.13 bits per heavy atom. The third kappa shape index (κ3) is 4.97. The molecule has 3 heterocycles. The van der Waals surface area contributed by atoms with Crippen LogP contribution in [0.25, 0.3) is 101 Å². The summed E-state index contributed by atoms with van der Waals surface area (Å²) in [4.78, 5) is 15.1. The first kappa shape index (κ1) is 30.5. The molecule has 0 unspecified atom stereocenters. The minimum absolute atomic E-state index is 0.592. The predicted octanol–water partition coefficient (Wildman–Crippen LogP) is 12.5. The van der Waals surface area contributed by atoms with E-state index in [4.69, 9.17) is 19.4 Å². The van der Waals surface area contributed by atoms with Crippen LogP contribution < -0.4 is 0 Å². The number of hydrogen-bond acceptors (Lipinski definition) is 4. The summed E-state index contributed by atoms with van der Waals surface area (Å²) >= 11 is 0. The van der Waals surface area contributed by atoms with E-state index in [9.17, 15) is 0 Å². The summed E-state index contributed by atoms with van der Waals surface area (Å²) in [6.07, 6.45) is 6.62. The van der Waals surface area contributed by atoms with Gasteiger partial charge in [0.05, 0.1) is 11.2 Å². The van der Waals surface area contributed by atoms with Crippen LogP contribution in [0.1, 0.15) is 17.7 Å². The third-order valence-electron chi connectivity index (χ3n) is 10.7. The zero-order valence-electron chi connectivity index (χ0n) is 29.3. The Morgan fingerprint density at radius 1 is 0.481 bits per heavy atom. The molecule has 11 rings (SSSR count). The molecule has 0 spiro atoms. The van der Waals surface area contributed by atoms with Crippen LogP contribution in [0.15, 0.2) is 168 Å². The van der Waals surface area contributed by atoms with Gasteiger partial charge in [-0.05, 0) is 82.8 Å². The van der Waals surface area contributed by atoms with Gasteiger partial charge in [-0.1, -0.05) is 127 Å². The highest BCUT2D eigenvalue weighted by Crippen LogP contribution is 2.41. The number of fused-ring (bicyclic) bond motifs is 7. The maximum Gasteiger partial charge on any atom is 0.164 e. The lowest BCUT2D eigenvalue weighted by molar-refractivity contribution is 0.665. The molecule has 0 saturated carbocycles. The van der Waals surface area contributed by atoms with Crippen molar-refractivity contribution in [3.05, 3.63) is 175 Å². The quantitative estimate of drug-likeness (QED) is 0.180. The first-order valence-corrected chi connectivity index (χ1v) is 18.4. The second-order valence-electron chi connectivity index (χ2n) is 13.9. The van der Waals surface area contributed by atoms with Crippen molar-refractivity contribution in [2.45, 2.75) is 12.8 Å². The van der Waals surface area contributed by atoms with E-state index in [0.29, 0.717) is 17.5 Å². The maximum atomic E-state index is 6.88. The number of benzene rings is 7. The number of aryl methyl sites for hydroxylation is 1. The number of aromatic nitrogens is 4. The van der Waals surface area contributed by atoms with Crippen LogP contribution in [0, 0.1) is 0 Å². The Morgan fingerprint density at radius 3 is 1.93 bits per heavy atom. The van der Waals surface area contributed by atoms with Gasteiger partial charge in [-0.2, -0.15) is 0 Å². The Kier molecular flexibility index (Phi) is 6.92. The van der Waals surface area contributed by atoms with Crippen molar-refractivity contribution in [2.24, 2.45) is 0 Å². The minimum atomic E-state index is 0.592. The zero-order valence-corrected chi connectivity index (χ0v) is 29.3. The van der Waals surface area contributed by atoms with Crippen LogP contribution in [0.3, 0.4) is 0 Å². The van der Waals surface area contributed by atoms with Gasteiger partial charge in [-0.15, -0.1) is 0 Å². The van der Waals surface area contributed by atoms with Crippen molar-refractivity contribution in [1.29, 1.82) is 0 Å². The first-order valence-electron chi connectivity index (χ1n) is 18.4. The molecule has 10 aromatic rings. The van der Waals surface area contributed by atoms with E-state index >= 15 is 0 Å². The number of nitrogens with zero attached hydrogens (tertiary/aromatic N) is 4. The monoisotopic (exact) mass is 692 g/mol. The number of rotatable bonds is 5. The molecular formula is C49H32N4O. The Balaban J connectivity index is 1.08. The summed E-state index contributed by atoms with van der Waals surface area (Å²) in [7, 11) is 0. The summed E-state index contributed by atoms with van der Waals surface area (Å²) in [6.45, 7) is 0. The third-order valence-corrected chi connectivity index (χ3v) is 10.7. The topological polar surface area (TPSA) is 56.7 Å². The van der Waals surface area contributed by atoms with Gasteiger partial charge in [-0.25, -0.2) is 15.0 Å². The molecule has 1 aliphatic carbocycles. The van der Waals surface area contributed by atoms with Crippen molar-refractivity contribution in [1.82, 2.24) is 19.5 Å². The van der Waals surface area contributed by atoms with E-state index in [0.717, 1.165) is 68.3 Å². The highest BCUT2D eigenvalue weighted by atomic mass is 16.3. The van der Waals surface area contributed by atoms with Crippen LogP contribution in [-0.4, -0.2) is 19.5 Å². The number of para-hydroxylation sites is 1. The molecule has 0 atom stereocenters. The molecule has 0 bridgehead atoms. The molecule has 0 amide bonds. The summed E-state index contributed by atoms with van der Waals surface area (Å²) in [6, 6.07) is 55.0. The Labute approximate surface area is 311 Å². The van der Waals surface area contributed by atoms with Crippen molar-refractivity contribution in [3.63, 3.8) is 0 Å². The molecule has 0 radical (unpaired) electrons. The van der Waals surface area contributed by atoms with Gasteiger partial charge >= 0.3 is 0 Å². The smallest absolute Gasteiger partial charge is 0.164 e. The standard InChI is InChI=1S/C49H32N4O/c1-3-13-31(14-4-1)33-19-11-20-36(27-33)48-50-47(32-15-5-2-6-16-32)51-49(52-48)37-25-26-39-40-22-12-24-43(46(40)54-45(39)30-37)53-42-23-10-9-21-38(42)41-28-34-17-7-8-18-35(34)29-44(41)53/h1-8,10-20,22-30H,9,21H2. The fourth-order valence-electron chi connectivity index (χ4n) is 8.10. The summed E-state index contributed by atoms with van der Waals surface area (Å²) in [5, 5.41) is 5.91. The molecule has 0 N–H and O–H groups in total. The number of hydrogen-bond donors (Lipinski definition) is 0. The average molecular weight is 693 g/mol. The van der Waals surface area contributed by atoms with Crippen molar-refractivity contribution < 1.29 is 4.42 Å². The molecule has 5 heteroatoms. The van der Waals surface area contributed by atoms with Gasteiger partial charge in [0.1, 0.15) is 5.58 Å². The summed E-state index contributed by atoms with van der Waals surface area (Å²) in [5.74, 6) is 1.83. The lowest BCUT2D eigenvalue weighted by Crippen LogP contribution is -2.00. The Hall–Kier alpha value is -7.11. The lowest BCUT2D eigenvalue weighted by atomic mass is 9.99. The Bertz CT molecular complexity index is 3100. The second kappa shape index (κ2) is 12.2.